The largest absolute Gasteiger partial charge is 0.468 e. The SMILES string of the molecule is CCN(CC)C(=O)C(C)N1CCOCC1C(=O)OC. The van der Waals surface area contributed by atoms with E-state index in [1.54, 1.807) is 4.90 Å². The Hall–Kier alpha value is -1.14. The molecule has 6 heteroatoms. The highest BCUT2D eigenvalue weighted by molar-refractivity contribution is 5.83. The fourth-order valence-electron chi connectivity index (χ4n) is 2.36. The third-order valence-electron chi connectivity index (χ3n) is 3.57. The van der Waals surface area contributed by atoms with Gasteiger partial charge in [0, 0.05) is 19.6 Å². The number of morpholine rings is 1. The first-order chi connectivity index (χ1) is 9.06. The lowest BCUT2D eigenvalue weighted by atomic mass is 10.1. The number of likely N-dealkylation sites (N-methyl/N-ethyl adjacent to an activating group) is 1. The van der Waals surface area contributed by atoms with E-state index in [-0.39, 0.29) is 24.5 Å². The van der Waals surface area contributed by atoms with Crippen molar-refractivity contribution in [3.8, 4) is 0 Å². The van der Waals surface area contributed by atoms with Gasteiger partial charge >= 0.3 is 5.97 Å². The average Bonchev–Trinajstić information content (AvgIpc) is 2.46. The van der Waals surface area contributed by atoms with E-state index in [0.717, 1.165) is 0 Å². The summed E-state index contributed by atoms with van der Waals surface area (Å²) in [6.07, 6.45) is 0. The minimum atomic E-state index is -0.492. The monoisotopic (exact) mass is 272 g/mol. The Bertz CT molecular complexity index is 318. The number of hydrogen-bond acceptors (Lipinski definition) is 5. The molecule has 2 unspecified atom stereocenters. The van der Waals surface area contributed by atoms with Gasteiger partial charge in [0.05, 0.1) is 26.4 Å². The van der Waals surface area contributed by atoms with Gasteiger partial charge in [0.25, 0.3) is 0 Å². The van der Waals surface area contributed by atoms with Gasteiger partial charge in [-0.2, -0.15) is 0 Å². The van der Waals surface area contributed by atoms with E-state index >= 15 is 0 Å². The molecule has 0 radical (unpaired) electrons. The number of esters is 1. The van der Waals surface area contributed by atoms with Crippen molar-refractivity contribution in [1.29, 1.82) is 0 Å². The first-order valence-corrected chi connectivity index (χ1v) is 6.76. The molecule has 0 aliphatic carbocycles. The Morgan fingerprint density at radius 1 is 1.42 bits per heavy atom. The summed E-state index contributed by atoms with van der Waals surface area (Å²) in [4.78, 5) is 27.7. The van der Waals surface area contributed by atoms with E-state index in [4.69, 9.17) is 9.47 Å². The maximum Gasteiger partial charge on any atom is 0.325 e. The summed E-state index contributed by atoms with van der Waals surface area (Å²) in [5, 5.41) is 0. The predicted molar refractivity (Wildman–Crippen MR) is 70.7 cm³/mol. The van der Waals surface area contributed by atoms with Gasteiger partial charge in [-0.1, -0.05) is 0 Å². The summed E-state index contributed by atoms with van der Waals surface area (Å²) < 4.78 is 10.1. The Balaban J connectivity index is 2.79. The van der Waals surface area contributed by atoms with Crippen LogP contribution in [0.1, 0.15) is 20.8 Å². The quantitative estimate of drug-likeness (QED) is 0.665. The van der Waals surface area contributed by atoms with Crippen molar-refractivity contribution in [2.45, 2.75) is 32.9 Å². The molecule has 1 aliphatic rings. The van der Waals surface area contributed by atoms with Crippen LogP contribution in [0.5, 0.6) is 0 Å². The van der Waals surface area contributed by atoms with E-state index < -0.39 is 6.04 Å². The number of rotatable bonds is 5. The predicted octanol–water partition coefficient (Wildman–Crippen LogP) is 0.117. The first kappa shape index (κ1) is 15.9. The Morgan fingerprint density at radius 2 is 2.05 bits per heavy atom. The lowest BCUT2D eigenvalue weighted by Gasteiger charge is -2.38. The number of nitrogens with zero attached hydrogens (tertiary/aromatic N) is 2. The summed E-state index contributed by atoms with van der Waals surface area (Å²) in [5.41, 5.74) is 0. The number of ether oxygens (including phenoxy) is 2. The van der Waals surface area contributed by atoms with Gasteiger partial charge in [-0.15, -0.1) is 0 Å². The van der Waals surface area contributed by atoms with Crippen LogP contribution in [0.15, 0.2) is 0 Å². The van der Waals surface area contributed by atoms with Crippen molar-refractivity contribution in [3.63, 3.8) is 0 Å². The second kappa shape index (κ2) is 7.45. The van der Waals surface area contributed by atoms with Crippen molar-refractivity contribution in [1.82, 2.24) is 9.80 Å². The molecule has 1 aliphatic heterocycles. The van der Waals surface area contributed by atoms with Crippen molar-refractivity contribution in [2.24, 2.45) is 0 Å². The summed E-state index contributed by atoms with van der Waals surface area (Å²) >= 11 is 0. The van der Waals surface area contributed by atoms with Crippen molar-refractivity contribution in [3.05, 3.63) is 0 Å². The zero-order valence-corrected chi connectivity index (χ0v) is 12.2. The molecule has 1 saturated heterocycles. The van der Waals surface area contributed by atoms with Gasteiger partial charge in [0.1, 0.15) is 6.04 Å². The molecule has 0 aromatic rings. The molecule has 1 amide bonds. The number of carbonyl (C=O) groups is 2. The molecule has 0 spiro atoms. The Morgan fingerprint density at radius 3 is 2.58 bits per heavy atom. The topological polar surface area (TPSA) is 59.1 Å². The van der Waals surface area contributed by atoms with Crippen molar-refractivity contribution in [2.75, 3.05) is 40.0 Å². The van der Waals surface area contributed by atoms with Gasteiger partial charge < -0.3 is 14.4 Å². The molecule has 0 aromatic carbocycles. The molecule has 0 saturated carbocycles. The molecule has 0 N–H and O–H groups in total. The van der Waals surface area contributed by atoms with Crippen LogP contribution < -0.4 is 0 Å². The van der Waals surface area contributed by atoms with E-state index in [0.29, 0.717) is 26.2 Å². The van der Waals surface area contributed by atoms with Gasteiger partial charge in [-0.25, -0.2) is 0 Å². The van der Waals surface area contributed by atoms with Crippen LogP contribution >= 0.6 is 0 Å². The van der Waals surface area contributed by atoms with Crippen LogP contribution in [0, 0.1) is 0 Å². The molecule has 1 fully saturated rings. The lowest BCUT2D eigenvalue weighted by Crippen LogP contribution is -2.58. The summed E-state index contributed by atoms with van der Waals surface area (Å²) in [7, 11) is 1.35. The molecule has 0 bridgehead atoms. The highest BCUT2D eigenvalue weighted by atomic mass is 16.5. The van der Waals surface area contributed by atoms with Crippen LogP contribution in [0.25, 0.3) is 0 Å². The fraction of sp³-hybridized carbons (Fsp3) is 0.846. The number of amides is 1. The van der Waals surface area contributed by atoms with Gasteiger partial charge in [0.2, 0.25) is 5.91 Å². The normalized spacial score (nSPS) is 21.8. The van der Waals surface area contributed by atoms with Crippen molar-refractivity contribution >= 4 is 11.9 Å². The van der Waals surface area contributed by atoms with Gasteiger partial charge in [0.15, 0.2) is 0 Å². The van der Waals surface area contributed by atoms with Crippen molar-refractivity contribution < 1.29 is 19.1 Å². The Labute approximate surface area is 114 Å². The fourth-order valence-corrected chi connectivity index (χ4v) is 2.36. The second-order valence-corrected chi connectivity index (χ2v) is 4.54. The van der Waals surface area contributed by atoms with Gasteiger partial charge in [-0.3, -0.25) is 14.5 Å². The van der Waals surface area contributed by atoms with E-state index in [1.807, 2.05) is 25.7 Å². The highest BCUT2D eigenvalue weighted by Gasteiger charge is 2.36. The first-order valence-electron chi connectivity index (χ1n) is 6.76. The van der Waals surface area contributed by atoms with Crippen LogP contribution in [-0.2, 0) is 19.1 Å². The summed E-state index contributed by atoms with van der Waals surface area (Å²) in [5.74, 6) is -0.306. The number of hydrogen-bond donors (Lipinski definition) is 0. The average molecular weight is 272 g/mol. The smallest absolute Gasteiger partial charge is 0.325 e. The molecule has 1 heterocycles. The van der Waals surface area contributed by atoms with Crippen LogP contribution in [0.3, 0.4) is 0 Å². The molecular weight excluding hydrogens is 248 g/mol. The number of carbonyl (C=O) groups excluding carboxylic acids is 2. The third-order valence-corrected chi connectivity index (χ3v) is 3.57. The van der Waals surface area contributed by atoms with Crippen LogP contribution in [0.4, 0.5) is 0 Å². The molecule has 6 nitrogen and oxygen atoms in total. The molecule has 19 heavy (non-hydrogen) atoms. The highest BCUT2D eigenvalue weighted by Crippen LogP contribution is 2.14. The molecule has 2 atom stereocenters. The van der Waals surface area contributed by atoms with Gasteiger partial charge in [-0.05, 0) is 20.8 Å². The maximum absolute atomic E-state index is 12.4. The molecule has 110 valence electrons. The standard InChI is InChI=1S/C13H24N2O4/c1-5-14(6-2)12(16)10(3)15-7-8-19-9-11(15)13(17)18-4/h10-11H,5-9H2,1-4H3. The number of methoxy groups -OCH3 is 1. The minimum absolute atomic E-state index is 0.0424. The van der Waals surface area contributed by atoms with E-state index in [1.165, 1.54) is 7.11 Å². The van der Waals surface area contributed by atoms with Crippen LogP contribution in [-0.4, -0.2) is 73.7 Å². The summed E-state index contributed by atoms with van der Waals surface area (Å²) in [6.45, 7) is 8.46. The zero-order valence-electron chi connectivity index (χ0n) is 12.2. The minimum Gasteiger partial charge on any atom is -0.468 e. The third kappa shape index (κ3) is 3.67. The molecule has 0 aromatic heterocycles. The van der Waals surface area contributed by atoms with Crippen LogP contribution in [0.2, 0.25) is 0 Å². The molecule has 1 rings (SSSR count). The lowest BCUT2D eigenvalue weighted by molar-refractivity contribution is -0.158. The van der Waals surface area contributed by atoms with E-state index in [9.17, 15) is 9.59 Å². The summed E-state index contributed by atoms with van der Waals surface area (Å²) in [6, 6.07) is -0.832. The Kier molecular flexibility index (Phi) is 6.24. The van der Waals surface area contributed by atoms with E-state index in [2.05, 4.69) is 0 Å². The second-order valence-electron chi connectivity index (χ2n) is 4.54. The zero-order chi connectivity index (χ0) is 14.4. The molecular formula is C13H24N2O4. The maximum atomic E-state index is 12.4.